The zero-order valence-electron chi connectivity index (χ0n) is 31.2. The molecule has 0 atom stereocenters. The number of hydrogen-bond acceptors (Lipinski definition) is 3. The van der Waals surface area contributed by atoms with Crippen LogP contribution in [-0.2, 0) is 26.5 Å². The molecule has 0 aliphatic carbocycles. The van der Waals surface area contributed by atoms with E-state index in [1.165, 1.54) is 32.9 Å². The number of para-hydroxylation sites is 3. The molecule has 0 aliphatic rings. The van der Waals surface area contributed by atoms with Crippen molar-refractivity contribution in [3.63, 3.8) is 0 Å². The van der Waals surface area contributed by atoms with E-state index in [0.29, 0.717) is 11.5 Å². The van der Waals surface area contributed by atoms with Gasteiger partial charge in [0.2, 0.25) is 0 Å². The van der Waals surface area contributed by atoms with E-state index in [0.717, 1.165) is 55.5 Å². The summed E-state index contributed by atoms with van der Waals surface area (Å²) in [6.45, 7) is 11.0. The average Bonchev–Trinajstić information content (AvgIpc) is 3.86. The number of benzene rings is 6. The molecule has 6 aromatic carbocycles. The molecular formula is C48H37N5OPt. The van der Waals surface area contributed by atoms with Crippen molar-refractivity contribution in [1.82, 2.24) is 23.9 Å². The van der Waals surface area contributed by atoms with Gasteiger partial charge in [0, 0.05) is 51.6 Å². The van der Waals surface area contributed by atoms with Crippen LogP contribution in [0, 0.1) is 26.0 Å². The first kappa shape index (κ1) is 34.8. The van der Waals surface area contributed by atoms with Gasteiger partial charge < -0.3 is 13.9 Å². The Balaban J connectivity index is 0.00000397. The predicted octanol–water partition coefficient (Wildman–Crippen LogP) is 11.9. The Morgan fingerprint density at radius 3 is 2.09 bits per heavy atom. The number of aryl methyl sites for hydroxylation is 2. The zero-order chi connectivity index (χ0) is 36.7. The van der Waals surface area contributed by atoms with Gasteiger partial charge in [0.25, 0.3) is 0 Å². The molecule has 7 heteroatoms. The molecule has 270 valence electrons. The van der Waals surface area contributed by atoms with E-state index in [9.17, 15) is 0 Å². The minimum atomic E-state index is -0.126. The quantitative estimate of drug-likeness (QED) is 0.162. The Bertz CT molecular complexity index is 3010. The summed E-state index contributed by atoms with van der Waals surface area (Å²) < 4.78 is 13.1. The van der Waals surface area contributed by atoms with Crippen LogP contribution in [0.4, 0.5) is 0 Å². The summed E-state index contributed by atoms with van der Waals surface area (Å²) in [7, 11) is 0. The molecule has 0 saturated carbocycles. The van der Waals surface area contributed by atoms with Gasteiger partial charge in [-0.1, -0.05) is 99.1 Å². The van der Waals surface area contributed by atoms with Gasteiger partial charge in [-0.05, 0) is 59.7 Å². The minimum absolute atomic E-state index is 0. The van der Waals surface area contributed by atoms with Crippen LogP contribution in [0.1, 0.15) is 37.5 Å². The second-order valence-electron chi connectivity index (χ2n) is 15.2. The van der Waals surface area contributed by atoms with E-state index in [2.05, 4.69) is 153 Å². The fraction of sp³-hybridized carbons (Fsp3) is 0.125. The molecule has 0 N–H and O–H groups in total. The molecule has 4 heterocycles. The van der Waals surface area contributed by atoms with E-state index in [1.54, 1.807) is 0 Å². The van der Waals surface area contributed by atoms with Crippen molar-refractivity contribution in [3.8, 4) is 28.7 Å². The molecule has 0 aliphatic heterocycles. The largest absolute Gasteiger partial charge is 2.00 e. The van der Waals surface area contributed by atoms with Gasteiger partial charge in [0.05, 0.1) is 22.2 Å². The maximum absolute atomic E-state index is 6.66. The van der Waals surface area contributed by atoms with Crippen molar-refractivity contribution in [2.24, 2.45) is 0 Å². The van der Waals surface area contributed by atoms with Crippen LogP contribution in [0.3, 0.4) is 0 Å². The smallest absolute Gasteiger partial charge is 0.509 e. The maximum Gasteiger partial charge on any atom is 2.00 e. The molecule has 55 heavy (non-hydrogen) atoms. The maximum atomic E-state index is 6.66. The van der Waals surface area contributed by atoms with E-state index in [-0.39, 0.29) is 26.5 Å². The first-order chi connectivity index (χ1) is 26.2. The van der Waals surface area contributed by atoms with E-state index in [4.69, 9.17) is 14.8 Å². The average molecular weight is 895 g/mol. The fourth-order valence-electron chi connectivity index (χ4n) is 7.90. The van der Waals surface area contributed by atoms with Gasteiger partial charge in [0.15, 0.2) is 0 Å². The molecule has 0 amide bonds. The summed E-state index contributed by atoms with van der Waals surface area (Å²) in [5, 5.41) is 10.6. The number of rotatable bonds is 5. The topological polar surface area (TPSA) is 49.8 Å². The van der Waals surface area contributed by atoms with Crippen molar-refractivity contribution in [2.45, 2.75) is 40.0 Å². The summed E-state index contributed by atoms with van der Waals surface area (Å²) in [5.74, 6) is 2.00. The zero-order valence-corrected chi connectivity index (χ0v) is 33.4. The number of pyridine rings is 1. The van der Waals surface area contributed by atoms with Crippen LogP contribution in [-0.4, -0.2) is 23.9 Å². The number of fused-ring (bicyclic) bond motifs is 7. The Kier molecular flexibility index (Phi) is 8.29. The Morgan fingerprint density at radius 2 is 1.35 bits per heavy atom. The Hall–Kier alpha value is -5.97. The molecule has 4 aromatic heterocycles. The number of hydrogen-bond donors (Lipinski definition) is 0. The van der Waals surface area contributed by atoms with Crippen LogP contribution < -0.4 is 4.74 Å². The van der Waals surface area contributed by atoms with Gasteiger partial charge in [-0.2, -0.15) is 11.2 Å². The standard InChI is InChI=1S/C48H37N5O.Pt/c1-30-12-10-16-40-41-17-11-13-31(2)47(41)52(46(30)40)34-22-23-49-45(27-34)53-43-19-9-7-15-38(43)39-21-20-36(28-44(39)53)54-37-25-33(48(3,4)5)24-35(26-37)51-29-32-14-6-8-18-42(32)50-51;/h6-25,27,29H,1-5H3;/q-2;+2. The molecule has 0 bridgehead atoms. The molecule has 0 spiro atoms. The van der Waals surface area contributed by atoms with Crippen molar-refractivity contribution < 1.29 is 25.8 Å². The second-order valence-corrected chi connectivity index (χ2v) is 15.2. The molecule has 0 radical (unpaired) electrons. The third-order valence-corrected chi connectivity index (χ3v) is 10.6. The summed E-state index contributed by atoms with van der Waals surface area (Å²) in [5.41, 5.74) is 10.6. The van der Waals surface area contributed by atoms with E-state index < -0.39 is 0 Å². The third kappa shape index (κ3) is 5.75. The molecule has 0 saturated heterocycles. The first-order valence-electron chi connectivity index (χ1n) is 18.3. The van der Waals surface area contributed by atoms with Crippen LogP contribution in [0.25, 0.3) is 71.7 Å². The Morgan fingerprint density at radius 1 is 0.636 bits per heavy atom. The van der Waals surface area contributed by atoms with Gasteiger partial charge in [0.1, 0.15) is 5.82 Å². The van der Waals surface area contributed by atoms with E-state index >= 15 is 0 Å². The van der Waals surface area contributed by atoms with Gasteiger partial charge >= 0.3 is 21.1 Å². The summed E-state index contributed by atoms with van der Waals surface area (Å²) in [6, 6.07) is 49.5. The monoisotopic (exact) mass is 894 g/mol. The summed E-state index contributed by atoms with van der Waals surface area (Å²) in [6.07, 6.45) is 3.95. The SMILES string of the molecule is Cc1cccc2c3cccc(C)c3n(-c3ccnc(-n4c5[c-]c(Oc6[c-]c(-n7cc8ccccc8n7)cc(C(C)(C)C)c6)ccc5c5ccccc54)c3)c12.[Pt+2]. The van der Waals surface area contributed by atoms with Crippen molar-refractivity contribution >= 4 is 54.5 Å². The number of aromatic nitrogens is 5. The van der Waals surface area contributed by atoms with E-state index in [1.807, 2.05) is 41.3 Å². The number of ether oxygens (including phenoxy) is 1. The Labute approximate surface area is 333 Å². The fourth-order valence-corrected chi connectivity index (χ4v) is 7.90. The molecular weight excluding hydrogens is 858 g/mol. The molecule has 0 fully saturated rings. The van der Waals surface area contributed by atoms with Crippen molar-refractivity contribution in [3.05, 3.63) is 163 Å². The molecule has 6 nitrogen and oxygen atoms in total. The van der Waals surface area contributed by atoms with Gasteiger partial charge in [-0.25, -0.2) is 4.98 Å². The molecule has 10 aromatic rings. The van der Waals surface area contributed by atoms with Crippen molar-refractivity contribution in [2.75, 3.05) is 0 Å². The van der Waals surface area contributed by atoms with Crippen LogP contribution >= 0.6 is 0 Å². The van der Waals surface area contributed by atoms with Crippen LogP contribution in [0.15, 0.2) is 134 Å². The minimum Gasteiger partial charge on any atom is -0.509 e. The second kappa shape index (κ2) is 13.1. The summed E-state index contributed by atoms with van der Waals surface area (Å²) in [4.78, 5) is 4.99. The van der Waals surface area contributed by atoms with Crippen LogP contribution in [0.2, 0.25) is 0 Å². The molecule has 0 unspecified atom stereocenters. The predicted molar refractivity (Wildman–Crippen MR) is 220 cm³/mol. The van der Waals surface area contributed by atoms with Crippen molar-refractivity contribution in [1.29, 1.82) is 0 Å². The first-order valence-corrected chi connectivity index (χ1v) is 18.3. The summed E-state index contributed by atoms with van der Waals surface area (Å²) >= 11 is 0. The van der Waals surface area contributed by atoms with Gasteiger partial charge in [-0.3, -0.25) is 4.68 Å². The number of nitrogens with zero attached hydrogens (tertiary/aromatic N) is 5. The third-order valence-electron chi connectivity index (χ3n) is 10.6. The van der Waals surface area contributed by atoms with Gasteiger partial charge in [-0.15, -0.1) is 41.3 Å². The molecule has 10 rings (SSSR count). The van der Waals surface area contributed by atoms with Crippen LogP contribution in [0.5, 0.6) is 11.5 Å². The normalized spacial score (nSPS) is 11.9.